The Morgan fingerprint density at radius 2 is 1.74 bits per heavy atom. The molecule has 0 bridgehead atoms. The van der Waals surface area contributed by atoms with Crippen molar-refractivity contribution in [2.45, 2.75) is 46.5 Å². The fourth-order valence-corrected chi connectivity index (χ4v) is 2.62. The summed E-state index contributed by atoms with van der Waals surface area (Å²) in [5.41, 5.74) is 6.93. The SMILES string of the molecule is CCC(CC(C(N)=O)C(C)C(C)C)c1ccccc1. The highest BCUT2D eigenvalue weighted by molar-refractivity contribution is 5.77. The fourth-order valence-electron chi connectivity index (χ4n) is 2.62. The lowest BCUT2D eigenvalue weighted by atomic mass is 9.77. The van der Waals surface area contributed by atoms with Crippen LogP contribution in [0.15, 0.2) is 30.3 Å². The maximum atomic E-state index is 11.8. The second kappa shape index (κ2) is 7.32. The number of nitrogens with two attached hydrogens (primary N) is 1. The van der Waals surface area contributed by atoms with Crippen LogP contribution in [0, 0.1) is 17.8 Å². The third-order valence-corrected chi connectivity index (χ3v) is 4.35. The zero-order chi connectivity index (χ0) is 14.4. The Morgan fingerprint density at radius 1 is 1.16 bits per heavy atom. The minimum atomic E-state index is -0.157. The highest BCUT2D eigenvalue weighted by Gasteiger charge is 2.28. The summed E-state index contributed by atoms with van der Waals surface area (Å²) in [7, 11) is 0. The van der Waals surface area contributed by atoms with Crippen molar-refractivity contribution in [3.8, 4) is 0 Å². The van der Waals surface area contributed by atoms with Crippen molar-refractivity contribution >= 4 is 5.91 Å². The van der Waals surface area contributed by atoms with Gasteiger partial charge in [-0.25, -0.2) is 0 Å². The monoisotopic (exact) mass is 261 g/mol. The highest BCUT2D eigenvalue weighted by atomic mass is 16.1. The van der Waals surface area contributed by atoms with Crippen molar-refractivity contribution in [3.63, 3.8) is 0 Å². The molecule has 0 spiro atoms. The first-order valence-electron chi connectivity index (χ1n) is 7.31. The molecule has 0 radical (unpaired) electrons. The van der Waals surface area contributed by atoms with E-state index in [4.69, 9.17) is 5.73 Å². The van der Waals surface area contributed by atoms with Crippen LogP contribution in [0.5, 0.6) is 0 Å². The van der Waals surface area contributed by atoms with Gasteiger partial charge in [0.05, 0.1) is 0 Å². The molecule has 1 amide bonds. The van der Waals surface area contributed by atoms with Crippen molar-refractivity contribution < 1.29 is 4.79 Å². The number of hydrogen-bond acceptors (Lipinski definition) is 1. The molecule has 1 aromatic rings. The quantitative estimate of drug-likeness (QED) is 0.793. The zero-order valence-corrected chi connectivity index (χ0v) is 12.6. The van der Waals surface area contributed by atoms with Crippen molar-refractivity contribution in [1.82, 2.24) is 0 Å². The summed E-state index contributed by atoms with van der Waals surface area (Å²) in [5.74, 6) is 1.03. The van der Waals surface area contributed by atoms with Gasteiger partial charge in [-0.2, -0.15) is 0 Å². The second-order valence-corrected chi connectivity index (χ2v) is 5.86. The molecule has 1 aromatic carbocycles. The van der Waals surface area contributed by atoms with Crippen LogP contribution in [0.4, 0.5) is 0 Å². The average Bonchev–Trinajstić information content (AvgIpc) is 2.39. The Hall–Kier alpha value is -1.31. The van der Waals surface area contributed by atoms with Gasteiger partial charge in [0.15, 0.2) is 0 Å². The molecule has 0 saturated carbocycles. The van der Waals surface area contributed by atoms with E-state index in [1.54, 1.807) is 0 Å². The summed E-state index contributed by atoms with van der Waals surface area (Å²) in [6.45, 7) is 8.63. The van der Waals surface area contributed by atoms with Gasteiger partial charge >= 0.3 is 0 Å². The average molecular weight is 261 g/mol. The Kier molecular flexibility index (Phi) is 6.07. The van der Waals surface area contributed by atoms with Crippen LogP contribution in [0.2, 0.25) is 0 Å². The van der Waals surface area contributed by atoms with E-state index < -0.39 is 0 Å². The maximum absolute atomic E-state index is 11.8. The van der Waals surface area contributed by atoms with Gasteiger partial charge in [0, 0.05) is 5.92 Å². The topological polar surface area (TPSA) is 43.1 Å². The van der Waals surface area contributed by atoms with Crippen LogP contribution in [0.1, 0.15) is 52.0 Å². The summed E-state index contributed by atoms with van der Waals surface area (Å²) in [4.78, 5) is 11.8. The summed E-state index contributed by atoms with van der Waals surface area (Å²) >= 11 is 0. The lowest BCUT2D eigenvalue weighted by molar-refractivity contribution is -0.124. The standard InChI is InChI=1S/C17H27NO/c1-5-14(15-9-7-6-8-10-15)11-16(17(18)19)13(4)12(2)3/h6-10,12-14,16H,5,11H2,1-4H3,(H2,18,19). The van der Waals surface area contributed by atoms with Gasteiger partial charge in [-0.05, 0) is 36.2 Å². The van der Waals surface area contributed by atoms with Gasteiger partial charge in [-0.1, -0.05) is 58.0 Å². The van der Waals surface area contributed by atoms with Crippen molar-refractivity contribution in [2.24, 2.45) is 23.5 Å². The van der Waals surface area contributed by atoms with E-state index in [0.29, 0.717) is 17.8 Å². The number of rotatable bonds is 7. The van der Waals surface area contributed by atoms with E-state index in [1.807, 2.05) is 6.07 Å². The smallest absolute Gasteiger partial charge is 0.220 e. The third-order valence-electron chi connectivity index (χ3n) is 4.35. The molecule has 0 aliphatic carbocycles. The van der Waals surface area contributed by atoms with Crippen LogP contribution in [0.3, 0.4) is 0 Å². The normalized spacial score (nSPS) is 16.1. The van der Waals surface area contributed by atoms with Crippen LogP contribution in [-0.4, -0.2) is 5.91 Å². The van der Waals surface area contributed by atoms with Crippen LogP contribution in [-0.2, 0) is 4.79 Å². The predicted molar refractivity (Wildman–Crippen MR) is 80.8 cm³/mol. The van der Waals surface area contributed by atoms with Crippen molar-refractivity contribution in [2.75, 3.05) is 0 Å². The van der Waals surface area contributed by atoms with E-state index in [1.165, 1.54) is 5.56 Å². The molecule has 2 nitrogen and oxygen atoms in total. The van der Waals surface area contributed by atoms with Crippen molar-refractivity contribution in [1.29, 1.82) is 0 Å². The van der Waals surface area contributed by atoms with E-state index in [2.05, 4.69) is 52.0 Å². The van der Waals surface area contributed by atoms with Gasteiger partial charge in [0.25, 0.3) is 0 Å². The van der Waals surface area contributed by atoms with Gasteiger partial charge in [-0.15, -0.1) is 0 Å². The number of hydrogen-bond donors (Lipinski definition) is 1. The molecule has 0 aromatic heterocycles. The molecule has 3 atom stereocenters. The van der Waals surface area contributed by atoms with E-state index in [0.717, 1.165) is 12.8 Å². The molecular weight excluding hydrogens is 234 g/mol. The number of carbonyl (C=O) groups is 1. The first-order valence-corrected chi connectivity index (χ1v) is 7.31. The van der Waals surface area contributed by atoms with Gasteiger partial charge in [-0.3, -0.25) is 4.79 Å². The molecule has 1 rings (SSSR count). The first kappa shape index (κ1) is 15.7. The molecular formula is C17H27NO. The highest BCUT2D eigenvalue weighted by Crippen LogP contribution is 2.32. The van der Waals surface area contributed by atoms with Crippen LogP contribution >= 0.6 is 0 Å². The van der Waals surface area contributed by atoms with Crippen LogP contribution < -0.4 is 5.73 Å². The second-order valence-electron chi connectivity index (χ2n) is 5.86. The Morgan fingerprint density at radius 3 is 2.16 bits per heavy atom. The number of benzene rings is 1. The zero-order valence-electron chi connectivity index (χ0n) is 12.6. The van der Waals surface area contributed by atoms with E-state index in [9.17, 15) is 4.79 Å². The van der Waals surface area contributed by atoms with Gasteiger partial charge in [0.1, 0.15) is 0 Å². The number of carbonyl (C=O) groups excluding carboxylic acids is 1. The summed E-state index contributed by atoms with van der Waals surface area (Å²) < 4.78 is 0. The van der Waals surface area contributed by atoms with Crippen molar-refractivity contribution in [3.05, 3.63) is 35.9 Å². The molecule has 0 saturated heterocycles. The minimum absolute atomic E-state index is 0.0369. The molecule has 0 aliphatic heterocycles. The van der Waals surface area contributed by atoms with E-state index >= 15 is 0 Å². The molecule has 0 fully saturated rings. The molecule has 106 valence electrons. The Bertz CT molecular complexity index is 386. The van der Waals surface area contributed by atoms with E-state index in [-0.39, 0.29) is 11.8 Å². The summed E-state index contributed by atoms with van der Waals surface area (Å²) in [5, 5.41) is 0. The molecule has 0 aliphatic rings. The lowest BCUT2D eigenvalue weighted by Crippen LogP contribution is -2.32. The molecule has 2 N–H and O–H groups in total. The number of amides is 1. The fraction of sp³-hybridized carbons (Fsp3) is 0.588. The number of primary amides is 1. The molecule has 19 heavy (non-hydrogen) atoms. The Labute approximate surface area is 117 Å². The minimum Gasteiger partial charge on any atom is -0.369 e. The largest absolute Gasteiger partial charge is 0.369 e. The van der Waals surface area contributed by atoms with Gasteiger partial charge < -0.3 is 5.73 Å². The predicted octanol–water partition coefficient (Wildman–Crippen LogP) is 3.96. The molecule has 0 heterocycles. The maximum Gasteiger partial charge on any atom is 0.220 e. The summed E-state index contributed by atoms with van der Waals surface area (Å²) in [6, 6.07) is 10.4. The molecule has 2 heteroatoms. The lowest BCUT2D eigenvalue weighted by Gasteiger charge is -2.28. The third kappa shape index (κ3) is 4.38. The molecule has 3 unspecified atom stereocenters. The first-order chi connectivity index (χ1) is 8.97. The van der Waals surface area contributed by atoms with Gasteiger partial charge in [0.2, 0.25) is 5.91 Å². The van der Waals surface area contributed by atoms with Crippen LogP contribution in [0.25, 0.3) is 0 Å². The Balaban J connectivity index is 2.85. The summed E-state index contributed by atoms with van der Waals surface area (Å²) in [6.07, 6.45) is 1.90.